The summed E-state index contributed by atoms with van der Waals surface area (Å²) in [5.41, 5.74) is 0. The molecule has 0 saturated carbocycles. The fraction of sp³-hybridized carbons (Fsp3) is 0.833. The molecule has 0 aromatic heterocycles. The van der Waals surface area contributed by atoms with Crippen LogP contribution in [0.25, 0.3) is 0 Å². The molecule has 0 spiro atoms. The Morgan fingerprint density at radius 2 is 1.19 bits per heavy atom. The van der Waals surface area contributed by atoms with E-state index in [4.69, 9.17) is 5.11 Å². The second kappa shape index (κ2) is 20.4. The minimum Gasteiger partial charge on any atom is -0.481 e. The molecule has 1 N–H and O–H groups in total. The average molecular weight is 421 g/mol. The van der Waals surface area contributed by atoms with Gasteiger partial charge in [-0.3, -0.25) is 4.79 Å². The maximum absolute atomic E-state index is 10.3. The third-order valence-corrected chi connectivity index (χ3v) is 3.65. The van der Waals surface area contributed by atoms with Crippen LogP contribution in [0.3, 0.4) is 0 Å². The number of allylic oxidation sites excluding steroid dienone is 2. The molecule has 0 fully saturated rings. The van der Waals surface area contributed by atoms with Gasteiger partial charge in [0, 0.05) is 42.0 Å². The van der Waals surface area contributed by atoms with E-state index in [-0.39, 0.29) is 35.6 Å². The monoisotopic (exact) mass is 421 g/mol. The smallest absolute Gasteiger partial charge is 0.303 e. The summed E-state index contributed by atoms with van der Waals surface area (Å²) in [4.78, 5) is 10.3. The summed E-state index contributed by atoms with van der Waals surface area (Å²) in [6, 6.07) is 0. The molecular weight excluding hydrogens is 387 g/mol. The molecular formula is C18H34LaO2. The van der Waals surface area contributed by atoms with E-state index in [1.165, 1.54) is 70.6 Å². The summed E-state index contributed by atoms with van der Waals surface area (Å²) in [5, 5.41) is 8.51. The third kappa shape index (κ3) is 22.8. The first-order chi connectivity index (χ1) is 9.77. The second-order valence-corrected chi connectivity index (χ2v) is 5.73. The zero-order chi connectivity index (χ0) is 14.9. The van der Waals surface area contributed by atoms with Crippen molar-refractivity contribution in [2.75, 3.05) is 0 Å². The largest absolute Gasteiger partial charge is 0.481 e. The Labute approximate surface area is 159 Å². The molecule has 0 atom stereocenters. The number of aliphatic carboxylic acids is 1. The fourth-order valence-electron chi connectivity index (χ4n) is 2.35. The van der Waals surface area contributed by atoms with Crippen LogP contribution in [0.5, 0.6) is 0 Å². The van der Waals surface area contributed by atoms with Gasteiger partial charge in [0.15, 0.2) is 0 Å². The van der Waals surface area contributed by atoms with Crippen LogP contribution in [0.4, 0.5) is 0 Å². The van der Waals surface area contributed by atoms with E-state index in [0.717, 1.165) is 12.8 Å². The van der Waals surface area contributed by atoms with Crippen LogP contribution >= 0.6 is 0 Å². The van der Waals surface area contributed by atoms with Crippen LogP contribution < -0.4 is 0 Å². The molecule has 2 nitrogen and oxygen atoms in total. The molecule has 0 aliphatic carbocycles. The van der Waals surface area contributed by atoms with Gasteiger partial charge in [0.2, 0.25) is 0 Å². The van der Waals surface area contributed by atoms with Crippen LogP contribution in [-0.2, 0) is 4.79 Å². The first-order valence-electron chi connectivity index (χ1n) is 8.64. The zero-order valence-corrected chi connectivity index (χ0v) is 17.6. The molecule has 21 heavy (non-hydrogen) atoms. The number of hydrogen-bond acceptors (Lipinski definition) is 1. The van der Waals surface area contributed by atoms with Gasteiger partial charge in [-0.15, -0.1) is 0 Å². The Hall–Kier alpha value is 0.405. The zero-order valence-electron chi connectivity index (χ0n) is 14.0. The summed E-state index contributed by atoms with van der Waals surface area (Å²) in [6.45, 7) is 2.26. The molecule has 121 valence electrons. The van der Waals surface area contributed by atoms with Crippen molar-refractivity contribution in [2.24, 2.45) is 0 Å². The van der Waals surface area contributed by atoms with Gasteiger partial charge in [-0.25, -0.2) is 0 Å². The summed E-state index contributed by atoms with van der Waals surface area (Å²) in [5.74, 6) is -0.664. The first-order valence-corrected chi connectivity index (χ1v) is 8.64. The number of unbranched alkanes of at least 4 members (excludes halogenated alkanes) is 11. The molecule has 0 saturated heterocycles. The Balaban J connectivity index is 0. The van der Waals surface area contributed by atoms with Crippen molar-refractivity contribution < 1.29 is 45.5 Å². The summed E-state index contributed by atoms with van der Waals surface area (Å²) < 4.78 is 0. The number of rotatable bonds is 15. The normalized spacial score (nSPS) is 10.7. The van der Waals surface area contributed by atoms with Gasteiger partial charge in [0.05, 0.1) is 0 Å². The molecule has 3 heteroatoms. The van der Waals surface area contributed by atoms with Crippen LogP contribution in [0.15, 0.2) is 12.2 Å². The first kappa shape index (κ1) is 23.7. The van der Waals surface area contributed by atoms with E-state index < -0.39 is 5.97 Å². The average Bonchev–Trinajstić information content (AvgIpc) is 2.43. The van der Waals surface area contributed by atoms with Crippen molar-refractivity contribution in [1.29, 1.82) is 0 Å². The van der Waals surface area contributed by atoms with Crippen molar-refractivity contribution in [3.63, 3.8) is 0 Å². The SMILES string of the molecule is CCCCCCCCC=CCCCCCCCC(=O)O.[La]. The maximum atomic E-state index is 10.3. The minimum absolute atomic E-state index is 0. The Bertz CT molecular complexity index is 239. The topological polar surface area (TPSA) is 37.3 Å². The molecule has 0 aromatic rings. The summed E-state index contributed by atoms with van der Waals surface area (Å²) in [6.07, 6.45) is 21.2. The van der Waals surface area contributed by atoms with Crippen molar-refractivity contribution in [1.82, 2.24) is 0 Å². The van der Waals surface area contributed by atoms with Crippen molar-refractivity contribution in [3.8, 4) is 0 Å². The maximum Gasteiger partial charge on any atom is 0.303 e. The molecule has 0 bridgehead atoms. The van der Waals surface area contributed by atoms with E-state index in [2.05, 4.69) is 19.1 Å². The van der Waals surface area contributed by atoms with E-state index >= 15 is 0 Å². The van der Waals surface area contributed by atoms with Gasteiger partial charge in [0.1, 0.15) is 0 Å². The van der Waals surface area contributed by atoms with Gasteiger partial charge in [-0.05, 0) is 32.1 Å². The Morgan fingerprint density at radius 3 is 1.67 bits per heavy atom. The van der Waals surface area contributed by atoms with Crippen LogP contribution in [0.1, 0.15) is 96.8 Å². The second-order valence-electron chi connectivity index (χ2n) is 5.73. The van der Waals surface area contributed by atoms with E-state index in [1.807, 2.05) is 0 Å². The van der Waals surface area contributed by atoms with Gasteiger partial charge < -0.3 is 5.11 Å². The molecule has 0 aromatic carbocycles. The van der Waals surface area contributed by atoms with E-state index in [1.54, 1.807) is 0 Å². The molecule has 0 heterocycles. The molecule has 0 aliphatic heterocycles. The van der Waals surface area contributed by atoms with Crippen LogP contribution in [0.2, 0.25) is 0 Å². The van der Waals surface area contributed by atoms with Crippen LogP contribution in [0, 0.1) is 35.6 Å². The van der Waals surface area contributed by atoms with Gasteiger partial charge in [-0.2, -0.15) is 0 Å². The molecule has 1 radical (unpaired) electrons. The third-order valence-electron chi connectivity index (χ3n) is 3.65. The van der Waals surface area contributed by atoms with E-state index in [0.29, 0.717) is 6.42 Å². The predicted molar refractivity (Wildman–Crippen MR) is 87.1 cm³/mol. The van der Waals surface area contributed by atoms with Crippen molar-refractivity contribution in [2.45, 2.75) is 96.8 Å². The predicted octanol–water partition coefficient (Wildman–Crippen LogP) is 6.11. The molecule has 0 unspecified atom stereocenters. The van der Waals surface area contributed by atoms with Crippen molar-refractivity contribution in [3.05, 3.63) is 12.2 Å². The number of carbonyl (C=O) groups is 1. The molecule has 0 rings (SSSR count). The number of carboxylic acid groups (broad SMARTS) is 1. The van der Waals surface area contributed by atoms with E-state index in [9.17, 15) is 4.79 Å². The molecule has 0 amide bonds. The Morgan fingerprint density at radius 1 is 0.762 bits per heavy atom. The summed E-state index contributed by atoms with van der Waals surface area (Å²) >= 11 is 0. The van der Waals surface area contributed by atoms with Gasteiger partial charge >= 0.3 is 5.97 Å². The number of carboxylic acids is 1. The van der Waals surface area contributed by atoms with Gasteiger partial charge in [0.25, 0.3) is 0 Å². The standard InChI is InChI=1S/C18H34O2.La/c1-2-3-4-5-6-7-8-9-10-11-12-13-14-15-16-17-18(19)20;/h9-10H,2-8,11-17H2,1H3,(H,19,20);. The minimum atomic E-state index is -0.664. The van der Waals surface area contributed by atoms with Gasteiger partial charge in [-0.1, -0.05) is 70.4 Å². The van der Waals surface area contributed by atoms with Crippen molar-refractivity contribution >= 4 is 5.97 Å². The quantitative estimate of drug-likeness (QED) is 0.256. The summed E-state index contributed by atoms with van der Waals surface area (Å²) in [7, 11) is 0. The van der Waals surface area contributed by atoms with Crippen LogP contribution in [-0.4, -0.2) is 11.1 Å². The Kier molecular flexibility index (Phi) is 23.0. The number of hydrogen-bond donors (Lipinski definition) is 1. The molecule has 0 aliphatic rings. The fourth-order valence-corrected chi connectivity index (χ4v) is 2.35.